The first-order chi connectivity index (χ1) is 14.2. The van der Waals surface area contributed by atoms with Crippen molar-refractivity contribution >= 4 is 39.2 Å². The van der Waals surface area contributed by atoms with E-state index in [0.29, 0.717) is 17.5 Å². The quantitative estimate of drug-likeness (QED) is 0.689. The van der Waals surface area contributed by atoms with Gasteiger partial charge in [-0.05, 0) is 45.9 Å². The molecule has 3 aromatic rings. The number of aryl methyl sites for hydroxylation is 1. The van der Waals surface area contributed by atoms with Crippen LogP contribution in [-0.2, 0) is 9.59 Å². The molecule has 1 fully saturated rings. The van der Waals surface area contributed by atoms with Gasteiger partial charge in [-0.3, -0.25) is 9.59 Å². The monoisotopic (exact) mass is 427 g/mol. The first-order valence-corrected chi connectivity index (χ1v) is 10.6. The zero-order chi connectivity index (χ0) is 21.6. The van der Waals surface area contributed by atoms with E-state index in [9.17, 15) is 9.59 Å². The number of benzene rings is 1. The lowest BCUT2D eigenvalue weighted by Gasteiger charge is -2.31. The van der Waals surface area contributed by atoms with Crippen molar-refractivity contribution in [2.24, 2.45) is 5.92 Å². The standard InChI is InChI=1S/C21H25N5O3S/c1-12-8-17(23-19(28)13-9-18(27)25(11-13)21(2,3)4)26(24-12)20-22-15-7-6-14(29-5)10-16(15)30-20/h6-8,10,13H,9,11H2,1-5H3,(H,23,28). The molecule has 1 N–H and O–H groups in total. The van der Waals surface area contributed by atoms with Gasteiger partial charge in [-0.25, -0.2) is 4.98 Å². The molecule has 1 aliphatic heterocycles. The lowest BCUT2D eigenvalue weighted by atomic mass is 10.1. The number of fused-ring (bicyclic) bond motifs is 1. The predicted octanol–water partition coefficient (Wildman–Crippen LogP) is 3.38. The first kappa shape index (κ1) is 20.3. The maximum Gasteiger partial charge on any atom is 0.230 e. The van der Waals surface area contributed by atoms with E-state index >= 15 is 0 Å². The molecular formula is C21H25N5O3S. The maximum absolute atomic E-state index is 12.9. The number of hydrogen-bond acceptors (Lipinski definition) is 6. The van der Waals surface area contributed by atoms with Crippen LogP contribution in [0.3, 0.4) is 0 Å². The molecule has 9 heteroatoms. The van der Waals surface area contributed by atoms with Crippen LogP contribution in [0, 0.1) is 12.8 Å². The number of thiazole rings is 1. The molecule has 0 bridgehead atoms. The number of anilines is 1. The Morgan fingerprint density at radius 3 is 2.73 bits per heavy atom. The highest BCUT2D eigenvalue weighted by molar-refractivity contribution is 7.20. The van der Waals surface area contributed by atoms with Gasteiger partial charge in [0.25, 0.3) is 0 Å². The van der Waals surface area contributed by atoms with Crippen molar-refractivity contribution < 1.29 is 14.3 Å². The third-order valence-electron chi connectivity index (χ3n) is 5.15. The summed E-state index contributed by atoms with van der Waals surface area (Å²) in [6, 6.07) is 7.49. The molecule has 1 saturated heterocycles. The normalized spacial score (nSPS) is 17.0. The molecule has 1 unspecified atom stereocenters. The molecule has 158 valence electrons. The SMILES string of the molecule is COc1ccc2nc(-n3nc(C)cc3NC(=O)C3CC(=O)N(C(C)(C)C)C3)sc2c1. The fraction of sp³-hybridized carbons (Fsp3) is 0.429. The van der Waals surface area contributed by atoms with Crippen molar-refractivity contribution in [3.05, 3.63) is 30.0 Å². The Morgan fingerprint density at radius 1 is 1.30 bits per heavy atom. The number of rotatable bonds is 4. The van der Waals surface area contributed by atoms with Crippen molar-refractivity contribution in [3.8, 4) is 10.9 Å². The zero-order valence-corrected chi connectivity index (χ0v) is 18.5. The number of methoxy groups -OCH3 is 1. The number of likely N-dealkylation sites (tertiary alicyclic amines) is 1. The zero-order valence-electron chi connectivity index (χ0n) is 17.7. The summed E-state index contributed by atoms with van der Waals surface area (Å²) in [5, 5.41) is 8.12. The highest BCUT2D eigenvalue weighted by Gasteiger charge is 2.39. The van der Waals surface area contributed by atoms with E-state index < -0.39 is 0 Å². The molecule has 1 atom stereocenters. The highest BCUT2D eigenvalue weighted by atomic mass is 32.1. The van der Waals surface area contributed by atoms with Crippen LogP contribution in [0.4, 0.5) is 5.82 Å². The summed E-state index contributed by atoms with van der Waals surface area (Å²) < 4.78 is 7.89. The number of ether oxygens (including phenoxy) is 1. The van der Waals surface area contributed by atoms with Gasteiger partial charge in [-0.15, -0.1) is 0 Å². The number of aromatic nitrogens is 3. The van der Waals surface area contributed by atoms with Gasteiger partial charge in [0.1, 0.15) is 11.6 Å². The van der Waals surface area contributed by atoms with Crippen LogP contribution < -0.4 is 10.1 Å². The topological polar surface area (TPSA) is 89.3 Å². The summed E-state index contributed by atoms with van der Waals surface area (Å²) in [4.78, 5) is 31.7. The molecule has 0 spiro atoms. The molecule has 4 rings (SSSR count). The summed E-state index contributed by atoms with van der Waals surface area (Å²) >= 11 is 1.47. The van der Waals surface area contributed by atoms with E-state index in [0.717, 1.165) is 21.7 Å². The predicted molar refractivity (Wildman–Crippen MR) is 116 cm³/mol. The van der Waals surface area contributed by atoms with Crippen LogP contribution in [0.5, 0.6) is 5.75 Å². The number of carbonyl (C=O) groups excluding carboxylic acids is 2. The summed E-state index contributed by atoms with van der Waals surface area (Å²) in [5.74, 6) is 0.744. The van der Waals surface area contributed by atoms with Crippen LogP contribution in [-0.4, -0.2) is 50.7 Å². The second-order valence-electron chi connectivity index (χ2n) is 8.48. The van der Waals surface area contributed by atoms with Crippen LogP contribution >= 0.6 is 11.3 Å². The Morgan fingerprint density at radius 2 is 2.07 bits per heavy atom. The molecular weight excluding hydrogens is 402 g/mol. The van der Waals surface area contributed by atoms with Crippen molar-refractivity contribution in [1.29, 1.82) is 0 Å². The second kappa shape index (κ2) is 7.39. The van der Waals surface area contributed by atoms with Gasteiger partial charge in [0, 0.05) is 24.6 Å². The van der Waals surface area contributed by atoms with Gasteiger partial charge in [-0.1, -0.05) is 11.3 Å². The van der Waals surface area contributed by atoms with Crippen LogP contribution in [0.2, 0.25) is 0 Å². The van der Waals surface area contributed by atoms with E-state index in [1.807, 2.05) is 52.0 Å². The highest BCUT2D eigenvalue weighted by Crippen LogP contribution is 2.31. The van der Waals surface area contributed by atoms with Crippen molar-refractivity contribution in [3.63, 3.8) is 0 Å². The van der Waals surface area contributed by atoms with E-state index in [1.54, 1.807) is 16.7 Å². The van der Waals surface area contributed by atoms with E-state index in [2.05, 4.69) is 15.4 Å². The lowest BCUT2D eigenvalue weighted by Crippen LogP contribution is -2.42. The van der Waals surface area contributed by atoms with Gasteiger partial charge in [0.15, 0.2) is 0 Å². The summed E-state index contributed by atoms with van der Waals surface area (Å²) in [6.07, 6.45) is 0.219. The molecule has 2 aromatic heterocycles. The summed E-state index contributed by atoms with van der Waals surface area (Å²) in [7, 11) is 1.63. The fourth-order valence-corrected chi connectivity index (χ4v) is 4.56. The minimum absolute atomic E-state index is 0.00691. The molecule has 1 aliphatic rings. The van der Waals surface area contributed by atoms with Gasteiger partial charge < -0.3 is 15.0 Å². The average Bonchev–Trinajstić information content (AvgIpc) is 3.36. The van der Waals surface area contributed by atoms with Gasteiger partial charge in [0.2, 0.25) is 16.9 Å². The van der Waals surface area contributed by atoms with Crippen LogP contribution in [0.25, 0.3) is 15.3 Å². The largest absolute Gasteiger partial charge is 0.497 e. The molecule has 1 aromatic carbocycles. The Bertz CT molecular complexity index is 1130. The third-order valence-corrected chi connectivity index (χ3v) is 6.15. The Hall–Kier alpha value is -2.94. The van der Waals surface area contributed by atoms with Crippen LogP contribution in [0.1, 0.15) is 32.9 Å². The average molecular weight is 428 g/mol. The maximum atomic E-state index is 12.9. The Kier molecular flexibility index (Phi) is 5.01. The van der Waals surface area contributed by atoms with Crippen molar-refractivity contribution in [2.45, 2.75) is 39.7 Å². The van der Waals surface area contributed by atoms with Gasteiger partial charge >= 0.3 is 0 Å². The van der Waals surface area contributed by atoms with Crippen LogP contribution in [0.15, 0.2) is 24.3 Å². The van der Waals surface area contributed by atoms with Gasteiger partial charge in [-0.2, -0.15) is 9.78 Å². The summed E-state index contributed by atoms with van der Waals surface area (Å²) in [5.41, 5.74) is 1.30. The van der Waals surface area contributed by atoms with Crippen molar-refractivity contribution in [2.75, 3.05) is 19.0 Å². The van der Waals surface area contributed by atoms with Crippen molar-refractivity contribution in [1.82, 2.24) is 19.7 Å². The van der Waals surface area contributed by atoms with E-state index in [-0.39, 0.29) is 29.7 Å². The first-order valence-electron chi connectivity index (χ1n) is 9.78. The molecule has 2 amide bonds. The molecule has 30 heavy (non-hydrogen) atoms. The fourth-order valence-electron chi connectivity index (χ4n) is 3.60. The Balaban J connectivity index is 1.58. The van der Waals surface area contributed by atoms with Gasteiger partial charge in [0.05, 0.1) is 28.9 Å². The molecule has 0 radical (unpaired) electrons. The minimum Gasteiger partial charge on any atom is -0.497 e. The number of nitrogens with zero attached hydrogens (tertiary/aromatic N) is 4. The number of nitrogens with one attached hydrogen (secondary N) is 1. The summed E-state index contributed by atoms with van der Waals surface area (Å²) in [6.45, 7) is 8.22. The number of hydrogen-bond donors (Lipinski definition) is 1. The number of amides is 2. The molecule has 0 saturated carbocycles. The minimum atomic E-state index is -0.389. The molecule has 0 aliphatic carbocycles. The van der Waals surface area contributed by atoms with E-state index in [4.69, 9.17) is 4.74 Å². The lowest BCUT2D eigenvalue weighted by molar-refractivity contribution is -0.131. The second-order valence-corrected chi connectivity index (χ2v) is 9.49. The third kappa shape index (κ3) is 3.77. The molecule has 8 nitrogen and oxygen atoms in total. The smallest absolute Gasteiger partial charge is 0.230 e. The number of carbonyl (C=O) groups is 2. The molecule has 3 heterocycles. The Labute approximate surface area is 178 Å². The van der Waals surface area contributed by atoms with E-state index in [1.165, 1.54) is 11.3 Å².